The van der Waals surface area contributed by atoms with E-state index in [9.17, 15) is 4.79 Å². The summed E-state index contributed by atoms with van der Waals surface area (Å²) in [7, 11) is 0. The summed E-state index contributed by atoms with van der Waals surface area (Å²) in [5.41, 5.74) is 2.97. The highest BCUT2D eigenvalue weighted by Crippen LogP contribution is 2.22. The molecule has 0 radical (unpaired) electrons. The molecule has 0 amide bonds. The van der Waals surface area contributed by atoms with Crippen LogP contribution in [0, 0.1) is 0 Å². The van der Waals surface area contributed by atoms with Crippen LogP contribution in [0.4, 0.5) is 0 Å². The van der Waals surface area contributed by atoms with Crippen molar-refractivity contribution in [1.29, 1.82) is 0 Å². The Morgan fingerprint density at radius 3 is 2.39 bits per heavy atom. The van der Waals surface area contributed by atoms with E-state index in [1.54, 1.807) is 6.08 Å². The molecule has 3 aromatic rings. The Morgan fingerprint density at radius 1 is 0.929 bits per heavy atom. The second-order valence-corrected chi connectivity index (χ2v) is 7.01. The topological polar surface area (TPSA) is 47.9 Å². The van der Waals surface area contributed by atoms with Gasteiger partial charge >= 0.3 is 5.97 Å². The van der Waals surface area contributed by atoms with Crippen molar-refractivity contribution in [3.05, 3.63) is 106 Å². The lowest BCUT2D eigenvalue weighted by Crippen LogP contribution is -2.04. The van der Waals surface area contributed by atoms with E-state index >= 15 is 0 Å². The SMILES string of the molecule is O=C1OC(c2ccccc2)=N/C1=C\c1ccc(OCc2ccccc2Br)cc1. The zero-order chi connectivity index (χ0) is 19.3. The first-order valence-electron chi connectivity index (χ1n) is 8.73. The van der Waals surface area contributed by atoms with Crippen LogP contribution in [0.15, 0.2) is 94.0 Å². The Hall–Kier alpha value is -3.18. The number of hydrogen-bond acceptors (Lipinski definition) is 4. The van der Waals surface area contributed by atoms with Crippen LogP contribution in [0.1, 0.15) is 16.7 Å². The number of carbonyl (C=O) groups excluding carboxylic acids is 1. The minimum atomic E-state index is -0.451. The summed E-state index contributed by atoms with van der Waals surface area (Å²) in [5, 5.41) is 0. The predicted molar refractivity (Wildman–Crippen MR) is 112 cm³/mol. The monoisotopic (exact) mass is 433 g/mol. The smallest absolute Gasteiger partial charge is 0.363 e. The summed E-state index contributed by atoms with van der Waals surface area (Å²) in [6.07, 6.45) is 1.70. The number of hydrogen-bond donors (Lipinski definition) is 0. The molecule has 28 heavy (non-hydrogen) atoms. The lowest BCUT2D eigenvalue weighted by molar-refractivity contribution is -0.129. The second-order valence-electron chi connectivity index (χ2n) is 6.15. The lowest BCUT2D eigenvalue weighted by atomic mass is 10.2. The maximum atomic E-state index is 12.1. The lowest BCUT2D eigenvalue weighted by Gasteiger charge is -2.08. The normalized spacial score (nSPS) is 14.7. The first-order chi connectivity index (χ1) is 13.7. The van der Waals surface area contributed by atoms with Crippen molar-refractivity contribution in [2.45, 2.75) is 6.61 Å². The maximum Gasteiger partial charge on any atom is 0.363 e. The number of rotatable bonds is 5. The van der Waals surface area contributed by atoms with E-state index in [4.69, 9.17) is 9.47 Å². The van der Waals surface area contributed by atoms with Gasteiger partial charge in [0.15, 0.2) is 5.70 Å². The Bertz CT molecular complexity index is 1060. The number of cyclic esters (lactones) is 1. The van der Waals surface area contributed by atoms with Gasteiger partial charge in [-0.05, 0) is 42.0 Å². The Morgan fingerprint density at radius 2 is 1.64 bits per heavy atom. The van der Waals surface area contributed by atoms with Crippen molar-refractivity contribution in [2.75, 3.05) is 0 Å². The van der Waals surface area contributed by atoms with E-state index < -0.39 is 5.97 Å². The van der Waals surface area contributed by atoms with E-state index in [0.29, 0.717) is 12.5 Å². The molecule has 0 unspecified atom stereocenters. The van der Waals surface area contributed by atoms with E-state index in [1.165, 1.54) is 0 Å². The molecule has 0 saturated heterocycles. The van der Waals surface area contributed by atoms with Crippen molar-refractivity contribution in [1.82, 2.24) is 0 Å². The Kier molecular flexibility index (Phi) is 5.35. The second kappa shape index (κ2) is 8.23. The van der Waals surface area contributed by atoms with Crippen LogP contribution in [-0.4, -0.2) is 11.9 Å². The van der Waals surface area contributed by atoms with Crippen molar-refractivity contribution in [3.63, 3.8) is 0 Å². The van der Waals surface area contributed by atoms with Gasteiger partial charge < -0.3 is 9.47 Å². The van der Waals surface area contributed by atoms with Gasteiger partial charge in [0, 0.05) is 15.6 Å². The predicted octanol–water partition coefficient (Wildman–Crippen LogP) is 5.37. The quantitative estimate of drug-likeness (QED) is 0.401. The van der Waals surface area contributed by atoms with Gasteiger partial charge in [-0.2, -0.15) is 0 Å². The third-order valence-electron chi connectivity index (χ3n) is 4.18. The minimum absolute atomic E-state index is 0.278. The van der Waals surface area contributed by atoms with Crippen LogP contribution < -0.4 is 4.74 Å². The molecule has 138 valence electrons. The van der Waals surface area contributed by atoms with Gasteiger partial charge in [-0.25, -0.2) is 9.79 Å². The summed E-state index contributed by atoms with van der Waals surface area (Å²) in [5.74, 6) is 0.624. The van der Waals surface area contributed by atoms with Gasteiger partial charge in [0.1, 0.15) is 12.4 Å². The molecule has 4 nitrogen and oxygen atoms in total. The first kappa shape index (κ1) is 18.2. The fraction of sp³-hybridized carbons (Fsp3) is 0.0435. The minimum Gasteiger partial charge on any atom is -0.489 e. The van der Waals surface area contributed by atoms with Gasteiger partial charge in [0.25, 0.3) is 0 Å². The van der Waals surface area contributed by atoms with E-state index in [0.717, 1.165) is 26.9 Å². The van der Waals surface area contributed by atoms with E-state index in [2.05, 4.69) is 20.9 Å². The van der Waals surface area contributed by atoms with Gasteiger partial charge in [-0.3, -0.25) is 0 Å². The molecule has 4 rings (SSSR count). The zero-order valence-corrected chi connectivity index (χ0v) is 16.4. The number of esters is 1. The number of benzene rings is 3. The molecule has 0 fully saturated rings. The van der Waals surface area contributed by atoms with E-state index in [-0.39, 0.29) is 5.70 Å². The average Bonchev–Trinajstić information content (AvgIpc) is 3.09. The highest BCUT2D eigenvalue weighted by molar-refractivity contribution is 9.10. The molecule has 0 N–H and O–H groups in total. The van der Waals surface area contributed by atoms with Crippen molar-refractivity contribution in [3.8, 4) is 5.75 Å². The van der Waals surface area contributed by atoms with Crippen molar-refractivity contribution < 1.29 is 14.3 Å². The number of carbonyl (C=O) groups is 1. The number of halogens is 1. The molecule has 0 saturated carbocycles. The molecule has 1 aliphatic heterocycles. The third kappa shape index (κ3) is 4.21. The maximum absolute atomic E-state index is 12.1. The molecule has 5 heteroatoms. The van der Waals surface area contributed by atoms with Crippen molar-refractivity contribution in [2.24, 2.45) is 4.99 Å². The van der Waals surface area contributed by atoms with Crippen LogP contribution in [-0.2, 0) is 16.1 Å². The van der Waals surface area contributed by atoms with Crippen LogP contribution in [0.5, 0.6) is 5.75 Å². The molecule has 3 aromatic carbocycles. The third-order valence-corrected chi connectivity index (χ3v) is 4.95. The van der Waals surface area contributed by atoms with Gasteiger partial charge in [-0.15, -0.1) is 0 Å². The Balaban J connectivity index is 1.46. The zero-order valence-electron chi connectivity index (χ0n) is 14.8. The summed E-state index contributed by atoms with van der Waals surface area (Å²) in [6, 6.07) is 24.8. The summed E-state index contributed by atoms with van der Waals surface area (Å²) in [4.78, 5) is 16.4. The molecule has 1 aliphatic rings. The molecule has 1 heterocycles. The van der Waals surface area contributed by atoms with Gasteiger partial charge in [0.05, 0.1) is 0 Å². The molecular weight excluding hydrogens is 418 g/mol. The molecule has 0 aromatic heterocycles. The number of aliphatic imine (C=N–C) groups is 1. The van der Waals surface area contributed by atoms with Crippen LogP contribution in [0.2, 0.25) is 0 Å². The number of ether oxygens (including phenoxy) is 2. The fourth-order valence-corrected chi connectivity index (χ4v) is 3.11. The van der Waals surface area contributed by atoms with Crippen LogP contribution >= 0.6 is 15.9 Å². The molecule has 0 spiro atoms. The molecule has 0 aliphatic carbocycles. The first-order valence-corrected chi connectivity index (χ1v) is 9.52. The molecule has 0 atom stereocenters. The summed E-state index contributed by atoms with van der Waals surface area (Å²) < 4.78 is 12.1. The number of nitrogens with zero attached hydrogens (tertiary/aromatic N) is 1. The van der Waals surface area contributed by atoms with Crippen LogP contribution in [0.25, 0.3) is 6.08 Å². The molecule has 0 bridgehead atoms. The fourth-order valence-electron chi connectivity index (χ4n) is 2.71. The standard InChI is InChI=1S/C23H16BrNO3/c24-20-9-5-4-8-18(20)15-27-19-12-10-16(11-13-19)14-21-23(26)28-22(25-21)17-6-2-1-3-7-17/h1-14H,15H2/b21-14-. The van der Waals surface area contributed by atoms with Gasteiger partial charge in [0.2, 0.25) is 5.90 Å². The highest BCUT2D eigenvalue weighted by atomic mass is 79.9. The molecular formula is C23H16BrNO3. The Labute approximate surface area is 171 Å². The summed E-state index contributed by atoms with van der Waals surface area (Å²) in [6.45, 7) is 0.471. The van der Waals surface area contributed by atoms with Crippen LogP contribution in [0.3, 0.4) is 0 Å². The average molecular weight is 434 g/mol. The highest BCUT2D eigenvalue weighted by Gasteiger charge is 2.23. The van der Waals surface area contributed by atoms with Crippen molar-refractivity contribution >= 4 is 33.9 Å². The largest absolute Gasteiger partial charge is 0.489 e. The van der Waals surface area contributed by atoms with E-state index in [1.807, 2.05) is 78.9 Å². The van der Waals surface area contributed by atoms with Gasteiger partial charge in [-0.1, -0.05) is 64.5 Å². The summed E-state index contributed by atoms with van der Waals surface area (Å²) >= 11 is 3.51.